The van der Waals surface area contributed by atoms with E-state index in [1.165, 1.54) is 0 Å². The summed E-state index contributed by atoms with van der Waals surface area (Å²) in [5.74, 6) is -0.269. The van der Waals surface area contributed by atoms with Crippen molar-refractivity contribution >= 4 is 43.7 Å². The summed E-state index contributed by atoms with van der Waals surface area (Å²) in [5, 5.41) is 2.86. The van der Waals surface area contributed by atoms with Crippen LogP contribution >= 0.6 is 31.9 Å². The molecule has 0 aliphatic carbocycles. The van der Waals surface area contributed by atoms with E-state index in [9.17, 15) is 9.59 Å². The van der Waals surface area contributed by atoms with Crippen molar-refractivity contribution in [2.45, 2.75) is 13.5 Å². The average Bonchev–Trinajstić information content (AvgIpc) is 2.69. The summed E-state index contributed by atoms with van der Waals surface area (Å²) in [7, 11) is 0. The molecule has 0 heterocycles. The molecule has 4 nitrogen and oxygen atoms in total. The number of benzene rings is 3. The van der Waals surface area contributed by atoms with Crippen LogP contribution in [-0.2, 0) is 6.54 Å². The van der Waals surface area contributed by atoms with Crippen LogP contribution < -0.4 is 10.1 Å². The first-order valence-electron chi connectivity index (χ1n) is 8.54. The number of hydrogen-bond donors (Lipinski definition) is 1. The zero-order valence-corrected chi connectivity index (χ0v) is 18.2. The van der Waals surface area contributed by atoms with Gasteiger partial charge in [0.15, 0.2) is 0 Å². The van der Waals surface area contributed by atoms with Gasteiger partial charge in [-0.2, -0.15) is 0 Å². The Bertz CT molecular complexity index is 1020. The Labute approximate surface area is 180 Å². The van der Waals surface area contributed by atoms with Crippen LogP contribution in [0.2, 0.25) is 0 Å². The Morgan fingerprint density at radius 1 is 0.964 bits per heavy atom. The van der Waals surface area contributed by atoms with Crippen molar-refractivity contribution in [3.05, 3.63) is 97.9 Å². The number of ether oxygens (including phenoxy) is 1. The molecule has 6 heteroatoms. The summed E-state index contributed by atoms with van der Waals surface area (Å²) in [4.78, 5) is 25.0. The van der Waals surface area contributed by atoms with Crippen molar-refractivity contribution in [1.82, 2.24) is 5.32 Å². The second kappa shape index (κ2) is 9.17. The molecule has 0 aromatic heterocycles. The van der Waals surface area contributed by atoms with Gasteiger partial charge >= 0.3 is 5.97 Å². The van der Waals surface area contributed by atoms with E-state index < -0.39 is 5.97 Å². The van der Waals surface area contributed by atoms with Gasteiger partial charge < -0.3 is 10.1 Å². The number of esters is 1. The van der Waals surface area contributed by atoms with E-state index in [4.69, 9.17) is 4.74 Å². The summed E-state index contributed by atoms with van der Waals surface area (Å²) >= 11 is 6.89. The zero-order valence-electron chi connectivity index (χ0n) is 15.0. The van der Waals surface area contributed by atoms with Gasteiger partial charge in [0.05, 0.1) is 10.0 Å². The highest BCUT2D eigenvalue weighted by Crippen LogP contribution is 2.33. The molecule has 0 spiro atoms. The Morgan fingerprint density at radius 3 is 2.36 bits per heavy atom. The number of aryl methyl sites for hydroxylation is 1. The van der Waals surface area contributed by atoms with E-state index >= 15 is 0 Å². The van der Waals surface area contributed by atoms with Gasteiger partial charge in [-0.1, -0.05) is 52.3 Å². The van der Waals surface area contributed by atoms with Gasteiger partial charge in [-0.15, -0.1) is 0 Å². The summed E-state index contributed by atoms with van der Waals surface area (Å²) in [6.07, 6.45) is 0. The van der Waals surface area contributed by atoms with Gasteiger partial charge in [0.2, 0.25) is 0 Å². The number of carbonyl (C=O) groups is 2. The predicted molar refractivity (Wildman–Crippen MR) is 116 cm³/mol. The number of carbonyl (C=O) groups excluding carboxylic acids is 2. The molecular weight excluding hydrogens is 486 g/mol. The van der Waals surface area contributed by atoms with Crippen molar-refractivity contribution in [1.29, 1.82) is 0 Å². The lowest BCUT2D eigenvalue weighted by molar-refractivity contribution is 0.0731. The minimum absolute atomic E-state index is 0.201. The maximum Gasteiger partial charge on any atom is 0.343 e. The quantitative estimate of drug-likeness (QED) is 0.361. The predicted octanol–water partition coefficient (Wildman–Crippen LogP) is 5.67. The summed E-state index contributed by atoms with van der Waals surface area (Å²) < 4.78 is 7.10. The normalized spacial score (nSPS) is 10.4. The van der Waals surface area contributed by atoms with Crippen LogP contribution in [0.15, 0.2) is 75.7 Å². The van der Waals surface area contributed by atoms with Crippen LogP contribution in [0.3, 0.4) is 0 Å². The number of amides is 1. The molecule has 142 valence electrons. The highest BCUT2D eigenvalue weighted by Gasteiger charge is 2.18. The van der Waals surface area contributed by atoms with Gasteiger partial charge in [0, 0.05) is 22.1 Å². The summed E-state index contributed by atoms with van der Waals surface area (Å²) in [5.41, 5.74) is 2.57. The third-order valence-corrected chi connectivity index (χ3v) is 5.17. The Hall–Kier alpha value is -2.44. The standard InChI is InChI=1S/C22H17Br2NO3/c1-14-7-5-6-10-18(14)22(27)28-20-16(11-17(23)12-19(20)24)13-25-21(26)15-8-3-2-4-9-15/h2-12H,13H2,1H3,(H,25,26). The molecule has 0 unspecified atom stereocenters. The first-order chi connectivity index (χ1) is 13.5. The van der Waals surface area contributed by atoms with E-state index in [1.54, 1.807) is 42.5 Å². The lowest BCUT2D eigenvalue weighted by Crippen LogP contribution is -2.23. The molecule has 1 amide bonds. The second-order valence-corrected chi connectivity index (χ2v) is 7.90. The first kappa shape index (κ1) is 20.3. The molecule has 0 saturated carbocycles. The molecular formula is C22H17Br2NO3. The van der Waals surface area contributed by atoms with Gasteiger partial charge in [0.25, 0.3) is 5.91 Å². The largest absolute Gasteiger partial charge is 0.421 e. The van der Waals surface area contributed by atoms with E-state index in [0.717, 1.165) is 10.0 Å². The van der Waals surface area contributed by atoms with Crippen LogP contribution in [0, 0.1) is 6.92 Å². The smallest absolute Gasteiger partial charge is 0.343 e. The molecule has 0 bridgehead atoms. The first-order valence-corrected chi connectivity index (χ1v) is 10.1. The lowest BCUT2D eigenvalue weighted by atomic mass is 10.1. The van der Waals surface area contributed by atoms with Crippen molar-refractivity contribution < 1.29 is 14.3 Å². The van der Waals surface area contributed by atoms with E-state index in [1.807, 2.05) is 31.2 Å². The van der Waals surface area contributed by atoms with Gasteiger partial charge in [-0.3, -0.25) is 4.79 Å². The average molecular weight is 503 g/mol. The van der Waals surface area contributed by atoms with Gasteiger partial charge in [0.1, 0.15) is 5.75 Å². The SMILES string of the molecule is Cc1ccccc1C(=O)Oc1c(Br)cc(Br)cc1CNC(=O)c1ccccc1. The fourth-order valence-electron chi connectivity index (χ4n) is 2.68. The van der Waals surface area contributed by atoms with Crippen LogP contribution in [0.1, 0.15) is 31.8 Å². The fourth-order valence-corrected chi connectivity index (χ4v) is 4.07. The van der Waals surface area contributed by atoms with Crippen LogP contribution in [0.25, 0.3) is 0 Å². The monoisotopic (exact) mass is 501 g/mol. The van der Waals surface area contributed by atoms with Crippen LogP contribution in [0.4, 0.5) is 0 Å². The highest BCUT2D eigenvalue weighted by atomic mass is 79.9. The molecule has 3 rings (SSSR count). The van der Waals surface area contributed by atoms with E-state index in [0.29, 0.717) is 26.9 Å². The summed E-state index contributed by atoms with van der Waals surface area (Å²) in [6.45, 7) is 2.07. The van der Waals surface area contributed by atoms with Gasteiger partial charge in [-0.25, -0.2) is 4.79 Å². The molecule has 0 atom stereocenters. The maximum atomic E-state index is 12.6. The molecule has 28 heavy (non-hydrogen) atoms. The number of rotatable bonds is 5. The van der Waals surface area contributed by atoms with Crippen molar-refractivity contribution in [3.63, 3.8) is 0 Å². The minimum atomic E-state index is -0.447. The van der Waals surface area contributed by atoms with E-state index in [-0.39, 0.29) is 12.5 Å². The molecule has 0 fully saturated rings. The van der Waals surface area contributed by atoms with Crippen molar-refractivity contribution in [2.75, 3.05) is 0 Å². The lowest BCUT2D eigenvalue weighted by Gasteiger charge is -2.14. The van der Waals surface area contributed by atoms with Gasteiger partial charge in [-0.05, 0) is 58.7 Å². The maximum absolute atomic E-state index is 12.6. The zero-order chi connectivity index (χ0) is 20.1. The molecule has 0 aliphatic rings. The molecule has 0 aliphatic heterocycles. The Balaban J connectivity index is 1.83. The van der Waals surface area contributed by atoms with Crippen molar-refractivity contribution in [3.8, 4) is 5.75 Å². The Kier molecular flexibility index (Phi) is 6.65. The van der Waals surface area contributed by atoms with Crippen molar-refractivity contribution in [2.24, 2.45) is 0 Å². The van der Waals surface area contributed by atoms with Crippen LogP contribution in [-0.4, -0.2) is 11.9 Å². The summed E-state index contributed by atoms with van der Waals surface area (Å²) in [6, 6.07) is 19.8. The van der Waals surface area contributed by atoms with E-state index in [2.05, 4.69) is 37.2 Å². The highest BCUT2D eigenvalue weighted by molar-refractivity contribution is 9.11. The fraction of sp³-hybridized carbons (Fsp3) is 0.0909. The number of hydrogen-bond acceptors (Lipinski definition) is 3. The topological polar surface area (TPSA) is 55.4 Å². The minimum Gasteiger partial charge on any atom is -0.421 e. The molecule has 3 aromatic rings. The molecule has 3 aromatic carbocycles. The second-order valence-electron chi connectivity index (χ2n) is 6.13. The molecule has 0 saturated heterocycles. The number of halogens is 2. The van der Waals surface area contributed by atoms with Crippen LogP contribution in [0.5, 0.6) is 5.75 Å². The molecule has 0 radical (unpaired) electrons. The third kappa shape index (κ3) is 4.88. The molecule has 1 N–H and O–H groups in total. The Morgan fingerprint density at radius 2 is 1.64 bits per heavy atom. The third-order valence-electron chi connectivity index (χ3n) is 4.12. The number of nitrogens with one attached hydrogen (secondary N) is 1.